The summed E-state index contributed by atoms with van der Waals surface area (Å²) in [6, 6.07) is 11.6. The average molecular weight is 401 g/mol. The Hall–Kier alpha value is -3.67. The predicted molar refractivity (Wildman–Crippen MR) is 118 cm³/mol. The minimum absolute atomic E-state index is 0.267. The lowest BCUT2D eigenvalue weighted by Crippen LogP contribution is -2.35. The molecule has 0 saturated carbocycles. The van der Waals surface area contributed by atoms with Gasteiger partial charge in [-0.1, -0.05) is 5.92 Å². The number of nitrogens with one attached hydrogen (secondary N) is 1. The van der Waals surface area contributed by atoms with Crippen LogP contribution in [0.15, 0.2) is 47.7 Å². The Morgan fingerprint density at radius 2 is 2.07 bits per heavy atom. The minimum Gasteiger partial charge on any atom is -0.382 e. The predicted octanol–water partition coefficient (Wildman–Crippen LogP) is 1.77. The minimum atomic E-state index is 0.267. The van der Waals surface area contributed by atoms with Gasteiger partial charge < -0.3 is 21.6 Å². The summed E-state index contributed by atoms with van der Waals surface area (Å²) in [5.41, 5.74) is 10.2. The summed E-state index contributed by atoms with van der Waals surface area (Å²) in [5.74, 6) is 8.77. The summed E-state index contributed by atoms with van der Waals surface area (Å²) in [7, 11) is 0. The first-order chi connectivity index (χ1) is 14.6. The Bertz CT molecular complexity index is 1130. The SMILES string of the molecule is C#Cc1ccc2nc(Nc3cc(CN4CCOCC4)cc(/C(N)=N/N)c3)ncc2c1. The molecule has 1 aromatic heterocycles. The van der Waals surface area contributed by atoms with E-state index in [0.717, 1.165) is 66.1 Å². The van der Waals surface area contributed by atoms with Gasteiger partial charge in [-0.05, 0) is 42.0 Å². The largest absolute Gasteiger partial charge is 0.382 e. The standard InChI is InChI=1S/C22H23N7O/c1-2-15-3-4-20-18(9-15)13-25-22(27-20)26-19-11-16(10-17(12-19)21(23)28-24)14-29-5-7-30-8-6-29/h1,3-4,9-13H,5-8,14,24H2,(H2,23,28)(H,25,26,27). The number of ether oxygens (including phenoxy) is 1. The molecule has 0 spiro atoms. The van der Waals surface area contributed by atoms with Crippen LogP contribution in [0.25, 0.3) is 10.9 Å². The van der Waals surface area contributed by atoms with Gasteiger partial charge in [-0.2, -0.15) is 5.10 Å². The van der Waals surface area contributed by atoms with Crippen molar-refractivity contribution >= 4 is 28.4 Å². The highest BCUT2D eigenvalue weighted by Gasteiger charge is 2.13. The number of hydrogen-bond donors (Lipinski definition) is 3. The van der Waals surface area contributed by atoms with Crippen molar-refractivity contribution < 1.29 is 4.74 Å². The van der Waals surface area contributed by atoms with Crippen molar-refractivity contribution in [3.63, 3.8) is 0 Å². The first-order valence-corrected chi connectivity index (χ1v) is 9.63. The summed E-state index contributed by atoms with van der Waals surface area (Å²) in [6.07, 6.45) is 7.21. The van der Waals surface area contributed by atoms with E-state index in [9.17, 15) is 0 Å². The molecule has 0 radical (unpaired) electrons. The van der Waals surface area contributed by atoms with Crippen molar-refractivity contribution in [3.05, 3.63) is 59.3 Å². The normalized spacial score (nSPS) is 15.1. The number of nitrogens with zero attached hydrogens (tertiary/aromatic N) is 4. The second-order valence-electron chi connectivity index (χ2n) is 7.06. The molecular weight excluding hydrogens is 378 g/mol. The lowest BCUT2D eigenvalue weighted by atomic mass is 10.1. The molecule has 0 atom stereocenters. The molecule has 30 heavy (non-hydrogen) atoms. The monoisotopic (exact) mass is 401 g/mol. The molecule has 0 aliphatic carbocycles. The van der Waals surface area contributed by atoms with Crippen LogP contribution in [0.5, 0.6) is 0 Å². The molecule has 1 saturated heterocycles. The van der Waals surface area contributed by atoms with Crippen LogP contribution in [0.2, 0.25) is 0 Å². The number of aromatic nitrogens is 2. The number of anilines is 2. The van der Waals surface area contributed by atoms with Gasteiger partial charge in [0, 0.05) is 48.0 Å². The third-order valence-corrected chi connectivity index (χ3v) is 4.94. The van der Waals surface area contributed by atoms with E-state index in [1.807, 2.05) is 30.3 Å². The second-order valence-corrected chi connectivity index (χ2v) is 7.06. The van der Waals surface area contributed by atoms with Gasteiger partial charge in [0.1, 0.15) is 5.84 Å². The van der Waals surface area contributed by atoms with Crippen LogP contribution in [-0.4, -0.2) is 47.0 Å². The van der Waals surface area contributed by atoms with Gasteiger partial charge in [0.25, 0.3) is 0 Å². The van der Waals surface area contributed by atoms with E-state index in [1.165, 1.54) is 0 Å². The second kappa shape index (κ2) is 8.78. The Morgan fingerprint density at radius 1 is 1.23 bits per heavy atom. The molecule has 0 bridgehead atoms. The Kier molecular flexibility index (Phi) is 5.75. The van der Waals surface area contributed by atoms with Crippen LogP contribution >= 0.6 is 0 Å². The van der Waals surface area contributed by atoms with E-state index < -0.39 is 0 Å². The van der Waals surface area contributed by atoms with Crippen LogP contribution in [0.4, 0.5) is 11.6 Å². The Balaban J connectivity index is 1.62. The molecule has 0 unspecified atom stereocenters. The number of terminal acetylenes is 1. The van der Waals surface area contributed by atoms with E-state index in [4.69, 9.17) is 22.7 Å². The van der Waals surface area contributed by atoms with E-state index in [1.54, 1.807) is 6.20 Å². The first kappa shape index (κ1) is 19.6. The smallest absolute Gasteiger partial charge is 0.227 e. The highest BCUT2D eigenvalue weighted by Crippen LogP contribution is 2.21. The lowest BCUT2D eigenvalue weighted by molar-refractivity contribution is 0.0342. The van der Waals surface area contributed by atoms with Crippen molar-refractivity contribution in [2.45, 2.75) is 6.54 Å². The zero-order valence-electron chi connectivity index (χ0n) is 16.5. The fourth-order valence-electron chi connectivity index (χ4n) is 3.41. The van der Waals surface area contributed by atoms with E-state index in [0.29, 0.717) is 5.95 Å². The van der Waals surface area contributed by atoms with Gasteiger partial charge >= 0.3 is 0 Å². The fraction of sp³-hybridized carbons (Fsp3) is 0.227. The average Bonchev–Trinajstić information content (AvgIpc) is 2.78. The molecule has 8 nitrogen and oxygen atoms in total. The number of amidine groups is 1. The summed E-state index contributed by atoms with van der Waals surface area (Å²) in [5, 5.41) is 7.79. The number of nitrogens with two attached hydrogens (primary N) is 2. The highest BCUT2D eigenvalue weighted by atomic mass is 16.5. The highest BCUT2D eigenvalue weighted by molar-refractivity contribution is 5.98. The fourth-order valence-corrected chi connectivity index (χ4v) is 3.41. The molecule has 4 rings (SSSR count). The van der Waals surface area contributed by atoms with Gasteiger partial charge in [-0.15, -0.1) is 6.42 Å². The van der Waals surface area contributed by atoms with Crippen LogP contribution in [0.1, 0.15) is 16.7 Å². The third-order valence-electron chi connectivity index (χ3n) is 4.94. The van der Waals surface area contributed by atoms with Gasteiger partial charge in [0.15, 0.2) is 0 Å². The molecule has 1 fully saturated rings. The topological polar surface area (TPSA) is 115 Å². The van der Waals surface area contributed by atoms with E-state index in [-0.39, 0.29) is 5.84 Å². The molecule has 2 heterocycles. The maximum atomic E-state index is 5.98. The molecule has 8 heteroatoms. The number of benzene rings is 2. The van der Waals surface area contributed by atoms with Crippen LogP contribution < -0.4 is 16.9 Å². The zero-order valence-corrected chi connectivity index (χ0v) is 16.5. The van der Waals surface area contributed by atoms with Crippen molar-refractivity contribution in [2.24, 2.45) is 16.7 Å². The number of hydrogen-bond acceptors (Lipinski definition) is 7. The van der Waals surface area contributed by atoms with Gasteiger partial charge in [-0.3, -0.25) is 4.90 Å². The molecule has 2 aromatic carbocycles. The van der Waals surface area contributed by atoms with Crippen LogP contribution in [-0.2, 0) is 11.3 Å². The summed E-state index contributed by atoms with van der Waals surface area (Å²) >= 11 is 0. The molecule has 5 N–H and O–H groups in total. The lowest BCUT2D eigenvalue weighted by Gasteiger charge is -2.27. The van der Waals surface area contributed by atoms with Gasteiger partial charge in [0.2, 0.25) is 5.95 Å². The van der Waals surface area contributed by atoms with Gasteiger partial charge in [-0.25, -0.2) is 9.97 Å². The molecule has 0 amide bonds. The Labute approximate surface area is 174 Å². The molecule has 1 aliphatic heterocycles. The van der Waals surface area contributed by atoms with Crippen LogP contribution in [0, 0.1) is 12.3 Å². The summed E-state index contributed by atoms with van der Waals surface area (Å²) in [4.78, 5) is 11.3. The molecule has 152 valence electrons. The summed E-state index contributed by atoms with van der Waals surface area (Å²) in [6.45, 7) is 4.03. The maximum Gasteiger partial charge on any atom is 0.227 e. The molecule has 3 aromatic rings. The number of morpholine rings is 1. The van der Waals surface area contributed by atoms with Crippen molar-refractivity contribution in [3.8, 4) is 12.3 Å². The quantitative estimate of drug-likeness (QED) is 0.196. The van der Waals surface area contributed by atoms with Gasteiger partial charge in [0.05, 0.1) is 18.7 Å². The Morgan fingerprint density at radius 3 is 2.83 bits per heavy atom. The van der Waals surface area contributed by atoms with Crippen molar-refractivity contribution in [1.29, 1.82) is 0 Å². The maximum absolute atomic E-state index is 5.98. The molecular formula is C22H23N7O. The van der Waals surface area contributed by atoms with Crippen molar-refractivity contribution in [2.75, 3.05) is 31.6 Å². The van der Waals surface area contributed by atoms with E-state index >= 15 is 0 Å². The zero-order chi connectivity index (χ0) is 20.9. The van der Waals surface area contributed by atoms with Crippen molar-refractivity contribution in [1.82, 2.24) is 14.9 Å². The van der Waals surface area contributed by atoms with Crippen LogP contribution in [0.3, 0.4) is 0 Å². The molecule has 1 aliphatic rings. The third kappa shape index (κ3) is 4.49. The number of rotatable bonds is 5. The number of hydrazone groups is 1. The van der Waals surface area contributed by atoms with E-state index in [2.05, 4.69) is 37.3 Å². The first-order valence-electron chi connectivity index (χ1n) is 9.63. The summed E-state index contributed by atoms with van der Waals surface area (Å²) < 4.78 is 5.43. The number of fused-ring (bicyclic) bond motifs is 1.